The van der Waals surface area contributed by atoms with E-state index in [1.807, 2.05) is 12.1 Å². The quantitative estimate of drug-likeness (QED) is 0.576. The van der Waals surface area contributed by atoms with Crippen LogP contribution in [0.25, 0.3) is 0 Å². The monoisotopic (exact) mass is 235 g/mol. The van der Waals surface area contributed by atoms with Crippen LogP contribution in [0.5, 0.6) is 11.5 Å². The molecule has 92 valence electrons. The molecule has 2 rings (SSSR count). The van der Waals surface area contributed by atoms with Crippen LogP contribution in [0.3, 0.4) is 0 Å². The Morgan fingerprint density at radius 3 is 2.65 bits per heavy atom. The number of hydrogen-bond donors (Lipinski definition) is 0. The van der Waals surface area contributed by atoms with Crippen LogP contribution in [0.2, 0.25) is 0 Å². The zero-order chi connectivity index (χ0) is 12.4. The van der Waals surface area contributed by atoms with Crippen molar-refractivity contribution in [2.75, 3.05) is 20.7 Å². The lowest BCUT2D eigenvalue weighted by Gasteiger charge is -2.26. The van der Waals surface area contributed by atoms with Crippen LogP contribution < -0.4 is 9.47 Å². The first-order chi connectivity index (χ1) is 8.10. The molecule has 0 atom stereocenters. The summed E-state index contributed by atoms with van der Waals surface area (Å²) in [7, 11) is 3.67. The third-order valence-corrected chi connectivity index (χ3v) is 2.94. The van der Waals surface area contributed by atoms with Gasteiger partial charge in [0.25, 0.3) is 0 Å². The zero-order valence-corrected chi connectivity index (χ0v) is 10.4. The number of benzene rings is 1. The first kappa shape index (κ1) is 11.9. The zero-order valence-electron chi connectivity index (χ0n) is 10.4. The maximum atomic E-state index is 11.0. The second kappa shape index (κ2) is 4.75. The van der Waals surface area contributed by atoms with Gasteiger partial charge in [0.2, 0.25) is 0 Å². The Hall–Kier alpha value is -1.55. The highest BCUT2D eigenvalue weighted by Crippen LogP contribution is 2.33. The Balaban J connectivity index is 2.38. The van der Waals surface area contributed by atoms with E-state index in [-0.39, 0.29) is 5.97 Å². The van der Waals surface area contributed by atoms with Gasteiger partial charge in [-0.05, 0) is 36.7 Å². The summed E-state index contributed by atoms with van der Waals surface area (Å²) in [5, 5.41) is 0. The predicted molar refractivity (Wildman–Crippen MR) is 64.3 cm³/mol. The number of likely N-dealkylation sites (N-methyl/N-ethyl adjacent to an activating group) is 1. The van der Waals surface area contributed by atoms with Gasteiger partial charge in [0.1, 0.15) is 0 Å². The molecule has 1 heterocycles. The van der Waals surface area contributed by atoms with Gasteiger partial charge in [-0.1, -0.05) is 0 Å². The molecule has 1 aliphatic rings. The van der Waals surface area contributed by atoms with E-state index in [2.05, 4.69) is 11.9 Å². The van der Waals surface area contributed by atoms with E-state index < -0.39 is 0 Å². The molecule has 0 aliphatic carbocycles. The molecule has 0 spiro atoms. The van der Waals surface area contributed by atoms with Gasteiger partial charge in [0.15, 0.2) is 11.5 Å². The lowest BCUT2D eigenvalue weighted by atomic mass is 9.99. The van der Waals surface area contributed by atoms with Gasteiger partial charge in [0.05, 0.1) is 7.11 Å². The summed E-state index contributed by atoms with van der Waals surface area (Å²) in [5.41, 5.74) is 2.48. The number of carbonyl (C=O) groups excluding carboxylic acids is 1. The van der Waals surface area contributed by atoms with Crippen LogP contribution in [0.4, 0.5) is 0 Å². The number of fused-ring (bicyclic) bond motifs is 1. The minimum atomic E-state index is -0.326. The highest BCUT2D eigenvalue weighted by atomic mass is 16.6. The van der Waals surface area contributed by atoms with Gasteiger partial charge >= 0.3 is 5.97 Å². The minimum absolute atomic E-state index is 0.326. The molecule has 1 aromatic rings. The van der Waals surface area contributed by atoms with Crippen molar-refractivity contribution in [3.05, 3.63) is 23.3 Å². The molecule has 0 aromatic heterocycles. The van der Waals surface area contributed by atoms with E-state index in [1.54, 1.807) is 7.11 Å². The summed E-state index contributed by atoms with van der Waals surface area (Å²) in [6, 6.07) is 3.88. The molecular formula is C13H17NO3. The summed E-state index contributed by atoms with van der Waals surface area (Å²) < 4.78 is 10.4. The molecule has 1 aromatic carbocycles. The Morgan fingerprint density at radius 2 is 2.00 bits per heavy atom. The minimum Gasteiger partial charge on any atom is -0.493 e. The molecule has 0 saturated heterocycles. The van der Waals surface area contributed by atoms with E-state index in [4.69, 9.17) is 9.47 Å². The topological polar surface area (TPSA) is 38.8 Å². The fourth-order valence-electron chi connectivity index (χ4n) is 2.10. The Kier molecular flexibility index (Phi) is 3.33. The maximum absolute atomic E-state index is 11.0. The van der Waals surface area contributed by atoms with Gasteiger partial charge in [-0.3, -0.25) is 4.79 Å². The van der Waals surface area contributed by atoms with Gasteiger partial charge < -0.3 is 14.4 Å². The normalized spacial score (nSPS) is 15.2. The van der Waals surface area contributed by atoms with Crippen molar-refractivity contribution >= 4 is 5.97 Å². The van der Waals surface area contributed by atoms with Gasteiger partial charge in [-0.25, -0.2) is 0 Å². The van der Waals surface area contributed by atoms with Gasteiger partial charge in [-0.2, -0.15) is 0 Å². The molecule has 0 unspecified atom stereocenters. The molecule has 0 N–H and O–H groups in total. The van der Waals surface area contributed by atoms with Crippen molar-refractivity contribution in [3.63, 3.8) is 0 Å². The van der Waals surface area contributed by atoms with Crippen molar-refractivity contribution in [2.24, 2.45) is 0 Å². The molecular weight excluding hydrogens is 218 g/mol. The molecule has 0 bridgehead atoms. The highest BCUT2D eigenvalue weighted by molar-refractivity contribution is 5.70. The number of carbonyl (C=O) groups is 1. The van der Waals surface area contributed by atoms with Crippen molar-refractivity contribution in [2.45, 2.75) is 19.9 Å². The van der Waals surface area contributed by atoms with Crippen LogP contribution in [-0.4, -0.2) is 31.6 Å². The van der Waals surface area contributed by atoms with E-state index in [9.17, 15) is 4.79 Å². The second-order valence-corrected chi connectivity index (χ2v) is 4.35. The number of methoxy groups -OCH3 is 1. The lowest BCUT2D eigenvalue weighted by molar-refractivity contribution is -0.132. The van der Waals surface area contributed by atoms with E-state index in [0.717, 1.165) is 19.5 Å². The molecule has 0 amide bonds. The van der Waals surface area contributed by atoms with Gasteiger partial charge in [-0.15, -0.1) is 0 Å². The van der Waals surface area contributed by atoms with Crippen LogP contribution in [0.15, 0.2) is 12.1 Å². The Bertz CT molecular complexity index is 443. The largest absolute Gasteiger partial charge is 0.493 e. The summed E-state index contributed by atoms with van der Waals surface area (Å²) in [6.45, 7) is 3.32. The first-order valence-corrected chi connectivity index (χ1v) is 5.67. The average Bonchev–Trinajstić information content (AvgIpc) is 2.27. The molecule has 0 saturated carbocycles. The standard InChI is InChI=1S/C13H17NO3/c1-9(15)17-13-7-11-8-14(2)5-4-10(11)6-12(13)16-3/h6-7H,4-5,8H2,1-3H3. The Labute approximate surface area is 101 Å². The summed E-state index contributed by atoms with van der Waals surface area (Å²) in [6.07, 6.45) is 1.00. The maximum Gasteiger partial charge on any atom is 0.308 e. The van der Waals surface area contributed by atoms with Crippen LogP contribution in [-0.2, 0) is 17.8 Å². The molecule has 4 heteroatoms. The first-order valence-electron chi connectivity index (χ1n) is 5.67. The number of nitrogens with zero attached hydrogens (tertiary/aromatic N) is 1. The van der Waals surface area contributed by atoms with Gasteiger partial charge in [0, 0.05) is 20.0 Å². The number of esters is 1. The fourth-order valence-corrected chi connectivity index (χ4v) is 2.10. The lowest BCUT2D eigenvalue weighted by Crippen LogP contribution is -2.26. The SMILES string of the molecule is COc1cc2c(cc1OC(C)=O)CN(C)CC2. The molecule has 0 radical (unpaired) electrons. The summed E-state index contributed by atoms with van der Waals surface area (Å²) in [5.74, 6) is 0.810. The van der Waals surface area contributed by atoms with Crippen LogP contribution in [0, 0.1) is 0 Å². The third-order valence-electron chi connectivity index (χ3n) is 2.94. The van der Waals surface area contributed by atoms with Crippen molar-refractivity contribution < 1.29 is 14.3 Å². The fraction of sp³-hybridized carbons (Fsp3) is 0.462. The van der Waals surface area contributed by atoms with Crippen LogP contribution >= 0.6 is 0 Å². The van der Waals surface area contributed by atoms with Crippen molar-refractivity contribution in [1.82, 2.24) is 4.90 Å². The summed E-state index contributed by atoms with van der Waals surface area (Å²) in [4.78, 5) is 13.3. The smallest absolute Gasteiger partial charge is 0.308 e. The van der Waals surface area contributed by atoms with Crippen LogP contribution in [0.1, 0.15) is 18.1 Å². The molecule has 17 heavy (non-hydrogen) atoms. The third kappa shape index (κ3) is 2.58. The number of hydrogen-bond acceptors (Lipinski definition) is 4. The van der Waals surface area contributed by atoms with Crippen molar-refractivity contribution in [3.8, 4) is 11.5 Å². The molecule has 4 nitrogen and oxygen atoms in total. The molecule has 1 aliphatic heterocycles. The number of ether oxygens (including phenoxy) is 2. The predicted octanol–water partition coefficient (Wildman–Crippen LogP) is 1.61. The van der Waals surface area contributed by atoms with Crippen molar-refractivity contribution in [1.29, 1.82) is 0 Å². The van der Waals surface area contributed by atoms with E-state index >= 15 is 0 Å². The summed E-state index contributed by atoms with van der Waals surface area (Å²) >= 11 is 0. The Morgan fingerprint density at radius 1 is 1.29 bits per heavy atom. The van der Waals surface area contributed by atoms with E-state index in [1.165, 1.54) is 18.1 Å². The highest BCUT2D eigenvalue weighted by Gasteiger charge is 2.18. The average molecular weight is 235 g/mol. The number of rotatable bonds is 2. The second-order valence-electron chi connectivity index (χ2n) is 4.35. The molecule has 0 fully saturated rings. The van der Waals surface area contributed by atoms with E-state index in [0.29, 0.717) is 11.5 Å².